The highest BCUT2D eigenvalue weighted by molar-refractivity contribution is 5.97. The second-order valence-electron chi connectivity index (χ2n) is 6.59. The number of hydrogen-bond donors (Lipinski definition) is 0. The van der Waals surface area contributed by atoms with Gasteiger partial charge < -0.3 is 0 Å². The van der Waals surface area contributed by atoms with Gasteiger partial charge in [0.2, 0.25) is 0 Å². The summed E-state index contributed by atoms with van der Waals surface area (Å²) in [7, 11) is 0. The molecule has 1 heteroatoms. The summed E-state index contributed by atoms with van der Waals surface area (Å²) in [5, 5.41) is 0. The number of hydrogen-bond acceptors (Lipinski definition) is 1. The van der Waals surface area contributed by atoms with Crippen molar-refractivity contribution in [2.45, 2.75) is 59.3 Å². The molecule has 17 heavy (non-hydrogen) atoms. The molecule has 0 heterocycles. The molecule has 0 aromatic carbocycles. The quantitative estimate of drug-likeness (QED) is 0.693. The Kier molecular flexibility index (Phi) is 4.06. The smallest absolute Gasteiger partial charge is 0.161 e. The highest BCUT2D eigenvalue weighted by Gasteiger charge is 2.30. The normalized spacial score (nSPS) is 38.6. The summed E-state index contributed by atoms with van der Waals surface area (Å²) in [6.07, 6.45) is 9.11. The number of carbonyl (C=O) groups is 1. The van der Waals surface area contributed by atoms with Gasteiger partial charge in [0, 0.05) is 5.92 Å². The van der Waals surface area contributed by atoms with Crippen LogP contribution >= 0.6 is 0 Å². The maximum absolute atomic E-state index is 12.5. The van der Waals surface area contributed by atoms with Gasteiger partial charge >= 0.3 is 0 Å². The molecule has 0 radical (unpaired) electrons. The Labute approximate surface area is 106 Å². The van der Waals surface area contributed by atoms with Crippen molar-refractivity contribution in [1.82, 2.24) is 0 Å². The van der Waals surface area contributed by atoms with E-state index >= 15 is 0 Å². The Morgan fingerprint density at radius 1 is 1.06 bits per heavy atom. The van der Waals surface area contributed by atoms with Crippen LogP contribution in [0.4, 0.5) is 0 Å². The number of Topliss-reactive ketones (excluding diaryl/α,β-unsaturated/α-hetero) is 1. The van der Waals surface area contributed by atoms with Crippen LogP contribution in [0.3, 0.4) is 0 Å². The third-order valence-electron chi connectivity index (χ3n) is 4.54. The third kappa shape index (κ3) is 3.20. The average Bonchev–Trinajstić information content (AvgIpc) is 2.28. The van der Waals surface area contributed by atoms with Crippen LogP contribution in [0, 0.1) is 23.7 Å². The average molecular weight is 234 g/mol. The number of ketones is 1. The largest absolute Gasteiger partial charge is 0.294 e. The highest BCUT2D eigenvalue weighted by Crippen LogP contribution is 2.36. The van der Waals surface area contributed by atoms with Crippen LogP contribution in [0.15, 0.2) is 11.6 Å². The van der Waals surface area contributed by atoms with Crippen molar-refractivity contribution in [3.63, 3.8) is 0 Å². The Balaban J connectivity index is 1.99. The lowest BCUT2D eigenvalue weighted by Gasteiger charge is -2.31. The molecule has 1 nitrogen and oxygen atoms in total. The zero-order chi connectivity index (χ0) is 12.4. The van der Waals surface area contributed by atoms with Crippen molar-refractivity contribution >= 4 is 5.78 Å². The van der Waals surface area contributed by atoms with Crippen LogP contribution in [0.25, 0.3) is 0 Å². The van der Waals surface area contributed by atoms with Crippen LogP contribution < -0.4 is 0 Å². The summed E-state index contributed by atoms with van der Waals surface area (Å²) in [5.74, 6) is 3.05. The lowest BCUT2D eigenvalue weighted by Crippen LogP contribution is -2.27. The van der Waals surface area contributed by atoms with Crippen molar-refractivity contribution in [3.05, 3.63) is 11.6 Å². The minimum Gasteiger partial charge on any atom is -0.294 e. The maximum Gasteiger partial charge on any atom is 0.161 e. The van der Waals surface area contributed by atoms with Crippen molar-refractivity contribution in [2.75, 3.05) is 0 Å². The first-order valence-corrected chi connectivity index (χ1v) is 7.29. The van der Waals surface area contributed by atoms with Gasteiger partial charge in [-0.05, 0) is 61.9 Å². The van der Waals surface area contributed by atoms with E-state index in [9.17, 15) is 4.79 Å². The molecule has 2 rings (SSSR count). The summed E-state index contributed by atoms with van der Waals surface area (Å²) in [4.78, 5) is 12.5. The van der Waals surface area contributed by atoms with E-state index in [1.165, 1.54) is 12.8 Å². The lowest BCUT2D eigenvalue weighted by atomic mass is 9.72. The second kappa shape index (κ2) is 5.37. The minimum atomic E-state index is 0.327. The third-order valence-corrected chi connectivity index (χ3v) is 4.54. The molecular weight excluding hydrogens is 208 g/mol. The molecule has 1 saturated carbocycles. The van der Waals surface area contributed by atoms with Crippen LogP contribution in [0.5, 0.6) is 0 Å². The predicted molar refractivity (Wildman–Crippen MR) is 71.8 cm³/mol. The van der Waals surface area contributed by atoms with Crippen molar-refractivity contribution < 1.29 is 4.79 Å². The Morgan fingerprint density at radius 2 is 1.71 bits per heavy atom. The molecular formula is C16H26O. The summed E-state index contributed by atoms with van der Waals surface area (Å²) in [6, 6.07) is 0. The second-order valence-corrected chi connectivity index (χ2v) is 6.59. The molecule has 2 aliphatic rings. The van der Waals surface area contributed by atoms with Gasteiger partial charge in [-0.2, -0.15) is 0 Å². The summed E-state index contributed by atoms with van der Waals surface area (Å²) in [5.41, 5.74) is 1.15. The topological polar surface area (TPSA) is 17.1 Å². The van der Waals surface area contributed by atoms with Gasteiger partial charge in [0.1, 0.15) is 0 Å². The van der Waals surface area contributed by atoms with Crippen LogP contribution in [0.1, 0.15) is 59.3 Å². The van der Waals surface area contributed by atoms with E-state index < -0.39 is 0 Å². The molecule has 0 aromatic rings. The van der Waals surface area contributed by atoms with E-state index in [0.29, 0.717) is 11.7 Å². The molecule has 0 saturated heterocycles. The van der Waals surface area contributed by atoms with Crippen LogP contribution in [0.2, 0.25) is 0 Å². The van der Waals surface area contributed by atoms with Gasteiger partial charge in [0.25, 0.3) is 0 Å². The first-order valence-electron chi connectivity index (χ1n) is 7.29. The molecule has 0 N–H and O–H groups in total. The highest BCUT2D eigenvalue weighted by atomic mass is 16.1. The summed E-state index contributed by atoms with van der Waals surface area (Å²) in [6.45, 7) is 6.88. The zero-order valence-electron chi connectivity index (χ0n) is 11.5. The van der Waals surface area contributed by atoms with Gasteiger partial charge in [-0.1, -0.05) is 26.8 Å². The number of carbonyl (C=O) groups excluding carboxylic acids is 1. The van der Waals surface area contributed by atoms with E-state index in [4.69, 9.17) is 0 Å². The Bertz CT molecular complexity index is 305. The maximum atomic E-state index is 12.5. The van der Waals surface area contributed by atoms with Crippen LogP contribution in [-0.2, 0) is 4.79 Å². The Morgan fingerprint density at radius 3 is 2.24 bits per heavy atom. The molecule has 0 amide bonds. The first-order chi connectivity index (χ1) is 8.06. The first kappa shape index (κ1) is 12.9. The van der Waals surface area contributed by atoms with Gasteiger partial charge in [-0.15, -0.1) is 0 Å². The van der Waals surface area contributed by atoms with E-state index in [-0.39, 0.29) is 0 Å². The molecule has 2 aliphatic carbocycles. The molecule has 3 unspecified atom stereocenters. The van der Waals surface area contributed by atoms with E-state index in [0.717, 1.165) is 49.0 Å². The summed E-state index contributed by atoms with van der Waals surface area (Å²) < 4.78 is 0. The van der Waals surface area contributed by atoms with Crippen molar-refractivity contribution in [1.29, 1.82) is 0 Å². The van der Waals surface area contributed by atoms with Gasteiger partial charge in [0.05, 0.1) is 0 Å². The fourth-order valence-corrected chi connectivity index (χ4v) is 3.61. The predicted octanol–water partition coefficient (Wildman–Crippen LogP) is 4.37. The molecule has 1 fully saturated rings. The molecule has 96 valence electrons. The monoisotopic (exact) mass is 234 g/mol. The molecule has 0 bridgehead atoms. The molecule has 0 spiro atoms. The van der Waals surface area contributed by atoms with Crippen molar-refractivity contribution in [2.24, 2.45) is 23.7 Å². The molecule has 3 atom stereocenters. The zero-order valence-corrected chi connectivity index (χ0v) is 11.5. The standard InChI is InChI=1S/C16H26O/c1-11-4-6-14(7-5-11)16(17)15-9-12(2)8-13(3)10-15/h6,11-13,15H,4-5,7-10H2,1-3H3. The Hall–Kier alpha value is -0.590. The SMILES string of the molecule is CC1CC=C(C(=O)C2CC(C)CC(C)C2)CC1. The molecule has 0 aliphatic heterocycles. The number of rotatable bonds is 2. The number of allylic oxidation sites excluding steroid dienone is 2. The van der Waals surface area contributed by atoms with Crippen molar-refractivity contribution in [3.8, 4) is 0 Å². The van der Waals surface area contributed by atoms with E-state index in [1.54, 1.807) is 0 Å². The van der Waals surface area contributed by atoms with E-state index in [1.807, 2.05) is 0 Å². The van der Waals surface area contributed by atoms with Crippen LogP contribution in [-0.4, -0.2) is 5.78 Å². The fraction of sp³-hybridized carbons (Fsp3) is 0.812. The van der Waals surface area contributed by atoms with Gasteiger partial charge in [0.15, 0.2) is 5.78 Å². The lowest BCUT2D eigenvalue weighted by molar-refractivity contribution is -0.121. The fourth-order valence-electron chi connectivity index (χ4n) is 3.61. The van der Waals surface area contributed by atoms with E-state index in [2.05, 4.69) is 26.8 Å². The minimum absolute atomic E-state index is 0.327. The van der Waals surface area contributed by atoms with Gasteiger partial charge in [-0.3, -0.25) is 4.79 Å². The molecule has 0 aromatic heterocycles. The summed E-state index contributed by atoms with van der Waals surface area (Å²) >= 11 is 0. The van der Waals surface area contributed by atoms with Gasteiger partial charge in [-0.25, -0.2) is 0 Å².